The first-order valence-electron chi connectivity index (χ1n) is 33.7. The molecule has 5 N–H and O–H groups in total. The molecule has 0 saturated heterocycles. The van der Waals surface area contributed by atoms with Gasteiger partial charge in [0.25, 0.3) is 5.69 Å². The van der Waals surface area contributed by atoms with Gasteiger partial charge in [0.15, 0.2) is 30.5 Å². The summed E-state index contributed by atoms with van der Waals surface area (Å²) in [7, 11) is 0. The maximum Gasteiger partial charge on any atom is 0.365 e. The highest BCUT2D eigenvalue weighted by molar-refractivity contribution is 6.25. The first-order valence-corrected chi connectivity index (χ1v) is 35.6. The van der Waals surface area contributed by atoms with Crippen molar-refractivity contribution in [3.8, 4) is 28.7 Å². The SMILES string of the molecule is Cc1ccc([C@@H]2Oc3ccccc3[C@H](O)[C@@]2(Cl)[N+](=O)[O-])cc1.Cc1cccc([C@@H]2Oc3ccccc3[C@H](O)[C@@]2(Cl)[N+](=O)[O-])c1.Cc1cccc([C@@H]2Oc3ccccc3[C@H](O)[C@@]2(Cl)[N+](=O)[O-])c1.O=[N+]([O-])[C@]1(Cl)[C@@H](O)c2ccccc2O[C@H]1c1ccccc1F.O=[N+]([O-])c1ccc2c(c1)[C@H](O)[C@@](Cl)([N+](=O)[O-])[C@H](c1ccccc1)O2. The van der Waals surface area contributed by atoms with Gasteiger partial charge in [-0.3, -0.25) is 60.7 Å². The number of non-ortho nitro benzene ring substituents is 1. The fraction of sp³-hybridized carbons (Fsp3) is 0.231. The highest BCUT2D eigenvalue weighted by Crippen LogP contribution is 2.57. The second-order valence-electron chi connectivity index (χ2n) is 26.2. The number of benzene rings is 10. The monoisotopic (exact) mass is 1630 g/mol. The average molecular weight is 1630 g/mol. The van der Waals surface area contributed by atoms with Crippen molar-refractivity contribution >= 4 is 63.7 Å². The third-order valence-corrected chi connectivity index (χ3v) is 21.8. The Morgan fingerprint density at radius 3 is 0.911 bits per heavy atom. The van der Waals surface area contributed by atoms with Crippen molar-refractivity contribution in [3.05, 3.63) is 381 Å². The van der Waals surface area contributed by atoms with Gasteiger partial charge in [0.2, 0.25) is 30.5 Å². The highest BCUT2D eigenvalue weighted by atomic mass is 35.5. The molecule has 0 aromatic heterocycles. The van der Waals surface area contributed by atoms with Crippen LogP contribution in [-0.2, 0) is 0 Å². The molecule has 0 fully saturated rings. The van der Waals surface area contributed by atoms with Crippen LogP contribution in [0, 0.1) is 87.3 Å². The number of aliphatic hydroxyl groups is 5. The van der Waals surface area contributed by atoms with Gasteiger partial charge < -0.3 is 49.2 Å². The molecule has 10 aromatic rings. The molecule has 112 heavy (non-hydrogen) atoms. The molecule has 15 rings (SSSR count). The molecule has 34 heteroatoms. The number of hydrogen-bond acceptors (Lipinski definition) is 22. The lowest BCUT2D eigenvalue weighted by atomic mass is 9.89. The molecule has 15 atom stereocenters. The summed E-state index contributed by atoms with van der Waals surface area (Å²) in [6.07, 6.45) is -13.8. The molecule has 0 saturated carbocycles. The number of hydrogen-bond donors (Lipinski definition) is 5. The van der Waals surface area contributed by atoms with Gasteiger partial charge in [0.05, 0.1) is 29.5 Å². The minimum atomic E-state index is -2.42. The Morgan fingerprint density at radius 2 is 0.571 bits per heavy atom. The van der Waals surface area contributed by atoms with Crippen molar-refractivity contribution in [2.75, 3.05) is 0 Å². The molecule has 10 aromatic carbocycles. The standard InChI is InChI=1S/3C16H14ClNO4.C15H11ClFNO4.C15H11ClN2O6/c2*1-10-5-4-6-11(9-10)15-16(17,18(20)21)14(19)12-7-2-3-8-13(12)22-15;1-10-6-8-11(9-7-10)15-16(17,18(20)21)14(19)12-4-2-3-5-13(12)22-15;16-15(18(20)21)13(19)10-6-2-4-8-12(10)22-14(15)9-5-1-3-7-11(9)17;16-15(18(22)23)13(19)11-8-10(17(20)21)6-7-12(11)24-14(15)9-4-2-1-3-5-9/h3*2-9,14-15,19H,1H3;1-8,13-14,19H;1-8,13-14,19H/t3*14-,15-,16+;2*13-,14-,15+/m00000/s1. The molecule has 0 amide bonds. The number of ether oxygens (including phenoxy) is 5. The summed E-state index contributed by atoms with van der Waals surface area (Å²) < 4.78 is 42.6. The minimum absolute atomic E-state index is 0.0808. The first-order chi connectivity index (χ1) is 53.1. The molecular formula is C78H64Cl5FN6O22. The largest absolute Gasteiger partial charge is 0.476 e. The van der Waals surface area contributed by atoms with Crippen LogP contribution in [-0.4, -0.2) is 80.1 Å². The normalized spacial score (nSPS) is 26.6. The number of fused-ring (bicyclic) bond motifs is 5. The van der Waals surface area contributed by atoms with Gasteiger partial charge in [-0.2, -0.15) is 0 Å². The summed E-state index contributed by atoms with van der Waals surface area (Å²) in [5, 5.41) is 121. The van der Waals surface area contributed by atoms with E-state index in [9.17, 15) is 90.6 Å². The Hall–Kier alpha value is -11.2. The molecule has 0 radical (unpaired) electrons. The topological polar surface area (TPSA) is 406 Å². The predicted octanol–water partition coefficient (Wildman–Crippen LogP) is 16.3. The quantitative estimate of drug-likeness (QED) is 0.0347. The lowest BCUT2D eigenvalue weighted by Gasteiger charge is -2.37. The number of aryl methyl sites for hydroxylation is 3. The molecule has 580 valence electrons. The van der Waals surface area contributed by atoms with E-state index in [-0.39, 0.29) is 33.9 Å². The van der Waals surface area contributed by atoms with Gasteiger partial charge >= 0.3 is 25.0 Å². The van der Waals surface area contributed by atoms with Crippen LogP contribution in [0.4, 0.5) is 10.1 Å². The predicted molar refractivity (Wildman–Crippen MR) is 405 cm³/mol. The van der Waals surface area contributed by atoms with Crippen LogP contribution in [0.3, 0.4) is 0 Å². The smallest absolute Gasteiger partial charge is 0.365 e. The summed E-state index contributed by atoms with van der Waals surface area (Å²) in [4.78, 5) is 53.0. The van der Waals surface area contributed by atoms with Gasteiger partial charge in [-0.1, -0.05) is 211 Å². The molecule has 5 heterocycles. The van der Waals surface area contributed by atoms with Crippen LogP contribution >= 0.6 is 58.0 Å². The van der Waals surface area contributed by atoms with Crippen LogP contribution in [0.1, 0.15) is 133 Å². The summed E-state index contributed by atoms with van der Waals surface area (Å²) in [6.45, 7) is 5.66. The van der Waals surface area contributed by atoms with Crippen LogP contribution < -0.4 is 23.7 Å². The fourth-order valence-corrected chi connectivity index (χ4v) is 14.7. The zero-order valence-electron chi connectivity index (χ0n) is 58.5. The maximum atomic E-state index is 14.0. The van der Waals surface area contributed by atoms with Crippen LogP contribution in [0.2, 0.25) is 0 Å². The van der Waals surface area contributed by atoms with E-state index in [0.717, 1.165) is 28.8 Å². The highest BCUT2D eigenvalue weighted by Gasteiger charge is 2.66. The number of alkyl halides is 5. The molecule has 5 aliphatic rings. The molecule has 0 bridgehead atoms. The Labute approximate surface area is 660 Å². The number of nitro groups is 6. The third kappa shape index (κ3) is 15.3. The van der Waals surface area contributed by atoms with Crippen molar-refractivity contribution in [2.24, 2.45) is 0 Å². The summed E-state index contributed by atoms with van der Waals surface area (Å²) in [5.74, 6) is 0.866. The second kappa shape index (κ2) is 33.0. The zero-order chi connectivity index (χ0) is 81.1. The van der Waals surface area contributed by atoms with E-state index in [1.165, 1.54) is 36.4 Å². The lowest BCUT2D eigenvalue weighted by molar-refractivity contribution is -0.570. The zero-order valence-corrected chi connectivity index (χ0v) is 62.3. The van der Waals surface area contributed by atoms with Crippen molar-refractivity contribution in [3.63, 3.8) is 0 Å². The Bertz CT molecular complexity index is 5100. The van der Waals surface area contributed by atoms with E-state index in [0.29, 0.717) is 56.2 Å². The number of para-hydroxylation sites is 4. The van der Waals surface area contributed by atoms with Crippen molar-refractivity contribution in [1.29, 1.82) is 0 Å². The van der Waals surface area contributed by atoms with Gasteiger partial charge in [-0.15, -0.1) is 0 Å². The van der Waals surface area contributed by atoms with E-state index in [1.807, 2.05) is 45.0 Å². The van der Waals surface area contributed by atoms with Crippen molar-refractivity contribution < 1.29 is 83.1 Å². The van der Waals surface area contributed by atoms with E-state index < -0.39 is 121 Å². The van der Waals surface area contributed by atoms with Crippen molar-refractivity contribution in [2.45, 2.75) is 107 Å². The molecule has 28 nitrogen and oxygen atoms in total. The third-order valence-electron chi connectivity index (χ3n) is 19.1. The molecule has 0 spiro atoms. The second-order valence-corrected chi connectivity index (χ2v) is 29.3. The number of rotatable bonds is 11. The van der Waals surface area contributed by atoms with E-state index in [4.69, 9.17) is 81.7 Å². The Kier molecular flexibility index (Phi) is 24.1. The number of halogens is 6. The Balaban J connectivity index is 0.000000138. The van der Waals surface area contributed by atoms with Crippen LogP contribution in [0.25, 0.3) is 0 Å². The molecule has 0 unspecified atom stereocenters. The van der Waals surface area contributed by atoms with Gasteiger partial charge in [-0.25, -0.2) is 4.39 Å². The number of aliphatic hydroxyl groups excluding tert-OH is 5. The van der Waals surface area contributed by atoms with Gasteiger partial charge in [-0.05, 0) is 115 Å². The summed E-state index contributed by atoms with van der Waals surface area (Å²) in [5.41, 5.74) is 5.59. The van der Waals surface area contributed by atoms with E-state index in [2.05, 4.69) is 0 Å². The fourth-order valence-electron chi connectivity index (χ4n) is 13.3. The van der Waals surface area contributed by atoms with Gasteiger partial charge in [0, 0.05) is 67.8 Å². The number of nitro benzene ring substituents is 1. The van der Waals surface area contributed by atoms with Crippen LogP contribution in [0.5, 0.6) is 28.7 Å². The van der Waals surface area contributed by atoms with Crippen LogP contribution in [0.15, 0.2) is 243 Å². The molecule has 0 aliphatic carbocycles. The summed E-state index contributed by atoms with van der Waals surface area (Å²) in [6, 6.07) is 64.8. The molecular weight excluding hydrogens is 1570 g/mol. The minimum Gasteiger partial charge on any atom is -0.476 e. The Morgan fingerprint density at radius 1 is 0.295 bits per heavy atom. The first kappa shape index (κ1) is 81.8. The van der Waals surface area contributed by atoms with E-state index >= 15 is 0 Å². The summed E-state index contributed by atoms with van der Waals surface area (Å²) >= 11 is 31.1. The van der Waals surface area contributed by atoms with Crippen molar-refractivity contribution in [1.82, 2.24) is 0 Å². The van der Waals surface area contributed by atoms with Gasteiger partial charge in [0.1, 0.15) is 34.6 Å². The van der Waals surface area contributed by atoms with E-state index in [1.54, 1.807) is 170 Å². The number of nitrogens with zero attached hydrogens (tertiary/aromatic N) is 6. The molecule has 5 aliphatic heterocycles. The lowest BCUT2D eigenvalue weighted by Crippen LogP contribution is -2.49. The maximum absolute atomic E-state index is 14.0. The average Bonchev–Trinajstić information content (AvgIpc) is 0.751.